The van der Waals surface area contributed by atoms with Gasteiger partial charge in [-0.1, -0.05) is 0 Å². The summed E-state index contributed by atoms with van der Waals surface area (Å²) in [6.45, 7) is 3.45. The molecule has 1 N–H and O–H groups in total. The first-order valence-electron chi connectivity index (χ1n) is 5.93. The fraction of sp³-hybridized carbons (Fsp3) is 0.333. The maximum Gasteiger partial charge on any atom is 0.289 e. The second kappa shape index (κ2) is 5.24. The molecular weight excluding hydrogens is 263 g/mol. The first-order valence-corrected chi connectivity index (χ1v) is 5.93. The number of nitrogens with one attached hydrogen (secondary N) is 1. The van der Waals surface area contributed by atoms with Crippen molar-refractivity contribution < 1.29 is 9.18 Å². The van der Waals surface area contributed by atoms with Gasteiger partial charge in [0.25, 0.3) is 5.91 Å². The third-order valence-corrected chi connectivity index (χ3v) is 2.79. The van der Waals surface area contributed by atoms with Crippen molar-refractivity contribution in [1.29, 1.82) is 0 Å². The molecule has 2 aromatic rings. The van der Waals surface area contributed by atoms with Gasteiger partial charge in [-0.15, -0.1) is 0 Å². The minimum atomic E-state index is -0.503. The molecule has 0 unspecified atom stereocenters. The lowest BCUT2D eigenvalue weighted by Gasteiger charge is -1.99. The van der Waals surface area contributed by atoms with Crippen LogP contribution in [0, 0.1) is 19.8 Å². The van der Waals surface area contributed by atoms with Crippen molar-refractivity contribution in [1.82, 2.24) is 25.0 Å². The fourth-order valence-electron chi connectivity index (χ4n) is 1.83. The zero-order chi connectivity index (χ0) is 14.9. The Labute approximate surface area is 115 Å². The van der Waals surface area contributed by atoms with E-state index in [9.17, 15) is 9.18 Å². The molecule has 0 bridgehead atoms. The van der Waals surface area contributed by atoms with Gasteiger partial charge in [0.05, 0.1) is 23.2 Å². The van der Waals surface area contributed by atoms with Crippen LogP contribution in [0.15, 0.2) is 11.2 Å². The fourth-order valence-corrected chi connectivity index (χ4v) is 1.83. The molecule has 0 aliphatic carbocycles. The summed E-state index contributed by atoms with van der Waals surface area (Å²) in [6, 6.07) is 1.64. The van der Waals surface area contributed by atoms with Crippen LogP contribution < -0.4 is 5.43 Å². The molecule has 106 valence electrons. The van der Waals surface area contributed by atoms with Crippen LogP contribution >= 0.6 is 0 Å². The largest absolute Gasteiger partial charge is 0.289 e. The van der Waals surface area contributed by atoms with Crippen molar-refractivity contribution in [2.24, 2.45) is 19.2 Å². The molecular formula is C12H15FN6O. The van der Waals surface area contributed by atoms with Crippen molar-refractivity contribution >= 4 is 12.1 Å². The van der Waals surface area contributed by atoms with E-state index < -0.39 is 11.9 Å². The van der Waals surface area contributed by atoms with Crippen LogP contribution in [-0.4, -0.2) is 31.7 Å². The van der Waals surface area contributed by atoms with Gasteiger partial charge in [0.15, 0.2) is 0 Å². The van der Waals surface area contributed by atoms with E-state index in [0.29, 0.717) is 11.4 Å². The Morgan fingerprint density at radius 2 is 2.05 bits per heavy atom. The van der Waals surface area contributed by atoms with Gasteiger partial charge in [-0.2, -0.15) is 19.7 Å². The summed E-state index contributed by atoms with van der Waals surface area (Å²) in [6.07, 6.45) is 1.23. The van der Waals surface area contributed by atoms with Crippen LogP contribution in [0.1, 0.15) is 27.4 Å². The van der Waals surface area contributed by atoms with E-state index in [4.69, 9.17) is 0 Å². The molecule has 0 aliphatic rings. The minimum Gasteiger partial charge on any atom is -0.266 e. The Balaban J connectivity index is 2.10. The summed E-state index contributed by atoms with van der Waals surface area (Å²) < 4.78 is 16.2. The number of carbonyl (C=O) groups is 1. The van der Waals surface area contributed by atoms with E-state index >= 15 is 0 Å². The van der Waals surface area contributed by atoms with Crippen molar-refractivity contribution in [3.8, 4) is 0 Å². The Morgan fingerprint density at radius 3 is 2.55 bits per heavy atom. The highest BCUT2D eigenvalue weighted by Crippen LogP contribution is 2.08. The van der Waals surface area contributed by atoms with Crippen molar-refractivity contribution in [2.75, 3.05) is 0 Å². The summed E-state index contributed by atoms with van der Waals surface area (Å²) in [7, 11) is 3.16. The number of amides is 1. The molecule has 0 aliphatic heterocycles. The summed E-state index contributed by atoms with van der Waals surface area (Å²) in [5.41, 5.74) is 4.19. The molecule has 0 spiro atoms. The first kappa shape index (κ1) is 13.9. The molecule has 0 saturated carbocycles. The van der Waals surface area contributed by atoms with Crippen LogP contribution in [0.2, 0.25) is 0 Å². The molecule has 2 rings (SSSR count). The molecule has 20 heavy (non-hydrogen) atoms. The third-order valence-electron chi connectivity index (χ3n) is 2.79. The molecule has 0 saturated heterocycles. The molecule has 2 heterocycles. The van der Waals surface area contributed by atoms with E-state index in [-0.39, 0.29) is 5.56 Å². The zero-order valence-corrected chi connectivity index (χ0v) is 11.7. The monoisotopic (exact) mass is 278 g/mol. The van der Waals surface area contributed by atoms with Gasteiger partial charge in [-0.25, -0.2) is 10.1 Å². The van der Waals surface area contributed by atoms with Crippen LogP contribution in [-0.2, 0) is 14.1 Å². The standard InChI is InChI=1S/C12H15FN6O/c1-7-5-10(18(3)16-7)12(20)15-14-6-9-8(2)17-19(4)11(9)13/h5-6H,1-4H3,(H,15,20)/b14-6+. The van der Waals surface area contributed by atoms with Gasteiger partial charge in [-0.05, 0) is 19.9 Å². The van der Waals surface area contributed by atoms with Crippen LogP contribution in [0.3, 0.4) is 0 Å². The van der Waals surface area contributed by atoms with E-state index in [1.807, 2.05) is 0 Å². The van der Waals surface area contributed by atoms with Crippen LogP contribution in [0.5, 0.6) is 0 Å². The highest BCUT2D eigenvalue weighted by Gasteiger charge is 2.12. The van der Waals surface area contributed by atoms with Gasteiger partial charge < -0.3 is 0 Å². The first-order chi connectivity index (χ1) is 9.40. The topological polar surface area (TPSA) is 77.1 Å². The Hall–Kier alpha value is -2.51. The van der Waals surface area contributed by atoms with Crippen LogP contribution in [0.4, 0.5) is 4.39 Å². The number of rotatable bonds is 3. The number of halogens is 1. The molecule has 8 heteroatoms. The lowest BCUT2D eigenvalue weighted by Crippen LogP contribution is -2.20. The van der Waals surface area contributed by atoms with E-state index in [0.717, 1.165) is 10.4 Å². The number of hydrogen-bond acceptors (Lipinski definition) is 4. The average Bonchev–Trinajstić information content (AvgIpc) is 2.82. The van der Waals surface area contributed by atoms with Crippen LogP contribution in [0.25, 0.3) is 0 Å². The predicted molar refractivity (Wildman–Crippen MR) is 70.9 cm³/mol. The molecule has 0 radical (unpaired) electrons. The Bertz CT molecular complexity index is 684. The van der Waals surface area contributed by atoms with Crippen molar-refractivity contribution in [3.05, 3.63) is 34.7 Å². The molecule has 1 amide bonds. The van der Waals surface area contributed by atoms with Gasteiger partial charge in [0.1, 0.15) is 5.69 Å². The lowest BCUT2D eigenvalue weighted by atomic mass is 10.3. The number of hydrazone groups is 1. The Morgan fingerprint density at radius 1 is 1.35 bits per heavy atom. The zero-order valence-electron chi connectivity index (χ0n) is 11.7. The summed E-state index contributed by atoms with van der Waals surface area (Å²) in [5, 5.41) is 11.7. The SMILES string of the molecule is Cc1cc(C(=O)N/N=C/c2c(C)nn(C)c2F)n(C)n1. The summed E-state index contributed by atoms with van der Waals surface area (Å²) in [4.78, 5) is 11.8. The van der Waals surface area contributed by atoms with Crippen molar-refractivity contribution in [2.45, 2.75) is 13.8 Å². The number of carbonyl (C=O) groups excluding carboxylic acids is 1. The molecule has 0 atom stereocenters. The Kier molecular flexibility index (Phi) is 3.64. The second-order valence-electron chi connectivity index (χ2n) is 4.41. The molecule has 2 aromatic heterocycles. The van der Waals surface area contributed by atoms with Gasteiger partial charge in [0.2, 0.25) is 5.95 Å². The minimum absolute atomic E-state index is 0.244. The van der Waals surface area contributed by atoms with Crippen molar-refractivity contribution in [3.63, 3.8) is 0 Å². The smallest absolute Gasteiger partial charge is 0.266 e. The van der Waals surface area contributed by atoms with E-state index in [2.05, 4.69) is 20.7 Å². The normalized spacial score (nSPS) is 11.2. The number of hydrogen-bond donors (Lipinski definition) is 1. The van der Waals surface area contributed by atoms with Gasteiger partial charge in [0, 0.05) is 14.1 Å². The number of aryl methyl sites for hydroxylation is 4. The van der Waals surface area contributed by atoms with Gasteiger partial charge >= 0.3 is 0 Å². The van der Waals surface area contributed by atoms with Gasteiger partial charge in [-0.3, -0.25) is 9.48 Å². The highest BCUT2D eigenvalue weighted by molar-refractivity contribution is 5.93. The predicted octanol–water partition coefficient (Wildman–Crippen LogP) is 0.673. The lowest BCUT2D eigenvalue weighted by molar-refractivity contribution is 0.0945. The molecule has 7 nitrogen and oxygen atoms in total. The maximum absolute atomic E-state index is 13.6. The quantitative estimate of drug-likeness (QED) is 0.662. The number of aromatic nitrogens is 4. The van der Waals surface area contributed by atoms with E-state index in [1.165, 1.54) is 17.9 Å². The second-order valence-corrected chi connectivity index (χ2v) is 4.41. The van der Waals surface area contributed by atoms with E-state index in [1.54, 1.807) is 27.0 Å². The molecule has 0 fully saturated rings. The number of nitrogens with zero attached hydrogens (tertiary/aromatic N) is 5. The molecule has 0 aromatic carbocycles. The summed E-state index contributed by atoms with van der Waals surface area (Å²) in [5.74, 6) is -0.914. The third kappa shape index (κ3) is 2.58. The summed E-state index contributed by atoms with van der Waals surface area (Å²) >= 11 is 0. The average molecular weight is 278 g/mol. The maximum atomic E-state index is 13.6. The highest BCUT2D eigenvalue weighted by atomic mass is 19.1.